The number of hydrogen-bond acceptors (Lipinski definition) is 6. The highest BCUT2D eigenvalue weighted by atomic mass is 32.1. The number of hydrogen-bond donors (Lipinski definition) is 2. The molecule has 0 saturated heterocycles. The van der Waals surface area contributed by atoms with E-state index in [0.717, 1.165) is 44.4 Å². The number of benzene rings is 2. The molecule has 7 nitrogen and oxygen atoms in total. The highest BCUT2D eigenvalue weighted by Crippen LogP contribution is 2.29. The SMILES string of the molecule is Cc1cccc(-n2nc(CC(=O)Nc3ccc(NC4CC4)cc3)cc2-c2ccc3ncsc3c2)n1. The molecule has 5 aromatic rings. The maximum atomic E-state index is 12.8. The van der Waals surface area contributed by atoms with Crippen LogP contribution in [0.1, 0.15) is 24.2 Å². The van der Waals surface area contributed by atoms with E-state index in [-0.39, 0.29) is 12.3 Å². The second kappa shape index (κ2) is 8.96. The summed E-state index contributed by atoms with van der Waals surface area (Å²) in [6.07, 6.45) is 2.61. The number of amides is 1. The lowest BCUT2D eigenvalue weighted by atomic mass is 10.1. The molecule has 8 heteroatoms. The van der Waals surface area contributed by atoms with Crippen molar-refractivity contribution in [1.29, 1.82) is 0 Å². The van der Waals surface area contributed by atoms with Gasteiger partial charge in [0.1, 0.15) is 0 Å². The minimum Gasteiger partial charge on any atom is -0.382 e. The van der Waals surface area contributed by atoms with Gasteiger partial charge >= 0.3 is 0 Å². The van der Waals surface area contributed by atoms with Crippen LogP contribution in [0.2, 0.25) is 0 Å². The molecule has 1 fully saturated rings. The number of carbonyl (C=O) groups is 1. The molecular weight excluding hydrogens is 456 g/mol. The van der Waals surface area contributed by atoms with Crippen LogP contribution < -0.4 is 10.6 Å². The van der Waals surface area contributed by atoms with Crippen molar-refractivity contribution in [3.8, 4) is 17.1 Å². The Balaban J connectivity index is 1.27. The fourth-order valence-corrected chi connectivity index (χ4v) is 4.76. The van der Waals surface area contributed by atoms with Gasteiger partial charge in [0.15, 0.2) is 5.82 Å². The van der Waals surface area contributed by atoms with E-state index in [1.54, 1.807) is 11.3 Å². The predicted octanol–water partition coefficient (Wildman–Crippen LogP) is 5.61. The Labute approximate surface area is 206 Å². The average Bonchev–Trinajstić information content (AvgIpc) is 3.37. The number of thiazole rings is 1. The van der Waals surface area contributed by atoms with Crippen LogP contribution in [0.5, 0.6) is 0 Å². The van der Waals surface area contributed by atoms with Gasteiger partial charge in [0.2, 0.25) is 5.91 Å². The maximum absolute atomic E-state index is 12.8. The zero-order valence-electron chi connectivity index (χ0n) is 19.2. The number of aromatic nitrogens is 4. The van der Waals surface area contributed by atoms with Crippen molar-refractivity contribution in [2.75, 3.05) is 10.6 Å². The van der Waals surface area contributed by atoms with Crippen LogP contribution in [0.25, 0.3) is 27.3 Å². The van der Waals surface area contributed by atoms with E-state index in [2.05, 4.69) is 26.7 Å². The van der Waals surface area contributed by atoms with E-state index >= 15 is 0 Å². The number of nitrogens with zero attached hydrogens (tertiary/aromatic N) is 4. The van der Waals surface area contributed by atoms with E-state index in [1.165, 1.54) is 12.8 Å². The predicted molar refractivity (Wildman–Crippen MR) is 140 cm³/mol. The Morgan fingerprint density at radius 3 is 2.69 bits per heavy atom. The molecule has 2 N–H and O–H groups in total. The number of nitrogens with one attached hydrogen (secondary N) is 2. The number of anilines is 2. The molecule has 174 valence electrons. The zero-order chi connectivity index (χ0) is 23.8. The number of carbonyl (C=O) groups excluding carboxylic acids is 1. The standard InChI is InChI=1S/C27H24N6OS/c1-17-3-2-4-26(29-17)33-24(18-5-12-23-25(13-18)35-16-28-23)14-22(32-33)15-27(34)31-21-10-8-20(9-11-21)30-19-6-7-19/h2-5,8-14,16,19,30H,6-7,15H2,1H3,(H,31,34). The van der Waals surface area contributed by atoms with Gasteiger partial charge < -0.3 is 10.6 Å². The van der Waals surface area contributed by atoms with Crippen LogP contribution in [-0.2, 0) is 11.2 Å². The first-order valence-corrected chi connectivity index (χ1v) is 12.5. The molecule has 0 atom stereocenters. The van der Waals surface area contributed by atoms with E-state index in [4.69, 9.17) is 5.10 Å². The lowest BCUT2D eigenvalue weighted by Gasteiger charge is -2.08. The minimum atomic E-state index is -0.112. The molecule has 0 unspecified atom stereocenters. The summed E-state index contributed by atoms with van der Waals surface area (Å²) in [5.74, 6) is 0.606. The summed E-state index contributed by atoms with van der Waals surface area (Å²) >= 11 is 1.60. The molecule has 3 heterocycles. The molecule has 0 radical (unpaired) electrons. The molecule has 1 amide bonds. The van der Waals surface area contributed by atoms with Crippen molar-refractivity contribution in [3.05, 3.63) is 83.6 Å². The smallest absolute Gasteiger partial charge is 0.230 e. The Morgan fingerprint density at radius 1 is 1.06 bits per heavy atom. The van der Waals surface area contributed by atoms with Crippen LogP contribution >= 0.6 is 11.3 Å². The van der Waals surface area contributed by atoms with Gasteiger partial charge in [-0.25, -0.2) is 14.6 Å². The van der Waals surface area contributed by atoms with Crippen molar-refractivity contribution < 1.29 is 4.79 Å². The highest BCUT2D eigenvalue weighted by Gasteiger charge is 2.20. The van der Waals surface area contributed by atoms with E-state index in [9.17, 15) is 4.79 Å². The summed E-state index contributed by atoms with van der Waals surface area (Å²) in [6, 6.07) is 22.4. The largest absolute Gasteiger partial charge is 0.382 e. The average molecular weight is 481 g/mol. The molecule has 1 saturated carbocycles. The van der Waals surface area contributed by atoms with Gasteiger partial charge in [0, 0.05) is 28.7 Å². The number of fused-ring (bicyclic) bond motifs is 1. The Kier molecular flexibility index (Phi) is 5.50. The minimum absolute atomic E-state index is 0.112. The third-order valence-corrected chi connectivity index (χ3v) is 6.73. The monoisotopic (exact) mass is 480 g/mol. The molecule has 0 aliphatic heterocycles. The molecule has 6 rings (SSSR count). The molecule has 1 aliphatic carbocycles. The summed E-state index contributed by atoms with van der Waals surface area (Å²) in [4.78, 5) is 21.9. The molecule has 3 aromatic heterocycles. The third-order valence-electron chi connectivity index (χ3n) is 5.94. The van der Waals surface area contributed by atoms with Gasteiger partial charge in [-0.1, -0.05) is 12.1 Å². The third kappa shape index (κ3) is 4.79. The topological polar surface area (TPSA) is 84.7 Å². The molecule has 0 spiro atoms. The molecule has 1 aliphatic rings. The lowest BCUT2D eigenvalue weighted by molar-refractivity contribution is -0.115. The maximum Gasteiger partial charge on any atom is 0.230 e. The molecule has 0 bridgehead atoms. The van der Waals surface area contributed by atoms with Gasteiger partial charge in [-0.05, 0) is 74.4 Å². The van der Waals surface area contributed by atoms with Crippen LogP contribution in [0, 0.1) is 6.92 Å². The highest BCUT2D eigenvalue weighted by molar-refractivity contribution is 7.16. The first kappa shape index (κ1) is 21.5. The van der Waals surface area contributed by atoms with Gasteiger partial charge in [-0.3, -0.25) is 4.79 Å². The lowest BCUT2D eigenvalue weighted by Crippen LogP contribution is -2.15. The Hall–Kier alpha value is -4.04. The molecular formula is C27H24N6OS. The Bertz CT molecular complexity index is 1520. The number of aryl methyl sites for hydroxylation is 1. The van der Waals surface area contributed by atoms with Crippen molar-refractivity contribution in [2.45, 2.75) is 32.2 Å². The van der Waals surface area contributed by atoms with Crippen molar-refractivity contribution in [3.63, 3.8) is 0 Å². The van der Waals surface area contributed by atoms with Crippen LogP contribution in [0.3, 0.4) is 0 Å². The quantitative estimate of drug-likeness (QED) is 0.316. The number of pyridine rings is 1. The van der Waals surface area contributed by atoms with E-state index in [1.807, 2.05) is 77.8 Å². The van der Waals surface area contributed by atoms with Crippen molar-refractivity contribution >= 4 is 38.8 Å². The Morgan fingerprint density at radius 2 is 1.89 bits per heavy atom. The van der Waals surface area contributed by atoms with Gasteiger partial charge in [-0.15, -0.1) is 11.3 Å². The second-order valence-corrected chi connectivity index (χ2v) is 9.71. The summed E-state index contributed by atoms with van der Waals surface area (Å²) in [5.41, 5.74) is 8.14. The van der Waals surface area contributed by atoms with Crippen LogP contribution in [-0.4, -0.2) is 31.7 Å². The van der Waals surface area contributed by atoms with E-state index in [0.29, 0.717) is 11.7 Å². The summed E-state index contributed by atoms with van der Waals surface area (Å²) in [5, 5.41) is 11.2. The van der Waals surface area contributed by atoms with Crippen LogP contribution in [0.4, 0.5) is 11.4 Å². The van der Waals surface area contributed by atoms with Gasteiger partial charge in [0.25, 0.3) is 0 Å². The first-order valence-electron chi connectivity index (χ1n) is 11.6. The fourth-order valence-electron chi connectivity index (χ4n) is 4.04. The van der Waals surface area contributed by atoms with Crippen molar-refractivity contribution in [1.82, 2.24) is 19.7 Å². The van der Waals surface area contributed by atoms with Gasteiger partial charge in [-0.2, -0.15) is 5.10 Å². The van der Waals surface area contributed by atoms with E-state index < -0.39 is 0 Å². The summed E-state index contributed by atoms with van der Waals surface area (Å²) in [6.45, 7) is 1.95. The summed E-state index contributed by atoms with van der Waals surface area (Å²) < 4.78 is 2.92. The van der Waals surface area contributed by atoms with Crippen LogP contribution in [0.15, 0.2) is 72.2 Å². The molecule has 2 aromatic carbocycles. The van der Waals surface area contributed by atoms with Crippen molar-refractivity contribution in [2.24, 2.45) is 0 Å². The molecule has 35 heavy (non-hydrogen) atoms. The zero-order valence-corrected chi connectivity index (χ0v) is 20.0. The number of rotatable bonds is 7. The fraction of sp³-hybridized carbons (Fsp3) is 0.185. The second-order valence-electron chi connectivity index (χ2n) is 8.83. The van der Waals surface area contributed by atoms with Gasteiger partial charge in [0.05, 0.1) is 33.5 Å². The normalized spacial score (nSPS) is 13.2. The summed E-state index contributed by atoms with van der Waals surface area (Å²) in [7, 11) is 0. The first-order chi connectivity index (χ1) is 17.1.